The molecule has 0 heterocycles. The zero-order chi connectivity index (χ0) is 17.0. The standard InChI is InChI=1S/C16H14ClF3N2O/c1-10-2-5-12(6-3-10)22-15(23)9-21-14-7-4-11(17)8-13(14)16(18,19)20/h2-8,21H,9H2,1H3,(H,22,23). The highest BCUT2D eigenvalue weighted by Gasteiger charge is 2.33. The molecule has 3 nitrogen and oxygen atoms in total. The van der Waals surface area contributed by atoms with Crippen molar-refractivity contribution in [1.82, 2.24) is 0 Å². The van der Waals surface area contributed by atoms with Gasteiger partial charge in [-0.05, 0) is 37.3 Å². The lowest BCUT2D eigenvalue weighted by Crippen LogP contribution is -2.23. The largest absolute Gasteiger partial charge is 0.418 e. The molecule has 0 aromatic heterocycles. The van der Waals surface area contributed by atoms with E-state index in [4.69, 9.17) is 11.6 Å². The molecule has 0 spiro atoms. The van der Waals surface area contributed by atoms with Crippen molar-refractivity contribution in [2.45, 2.75) is 13.1 Å². The van der Waals surface area contributed by atoms with E-state index in [2.05, 4.69) is 10.6 Å². The van der Waals surface area contributed by atoms with Crippen LogP contribution in [0.5, 0.6) is 0 Å². The summed E-state index contributed by atoms with van der Waals surface area (Å²) in [6.07, 6.45) is -4.55. The molecule has 1 amide bonds. The molecule has 0 bridgehead atoms. The number of hydrogen-bond donors (Lipinski definition) is 2. The molecule has 0 atom stereocenters. The Morgan fingerprint density at radius 2 is 1.78 bits per heavy atom. The molecular formula is C16H14ClF3N2O. The van der Waals surface area contributed by atoms with Gasteiger partial charge in [-0.15, -0.1) is 0 Å². The molecule has 122 valence electrons. The highest BCUT2D eigenvalue weighted by molar-refractivity contribution is 6.30. The minimum Gasteiger partial charge on any atom is -0.376 e. The molecule has 0 radical (unpaired) electrons. The number of carbonyl (C=O) groups excluding carboxylic acids is 1. The molecule has 2 rings (SSSR count). The van der Waals surface area contributed by atoms with Crippen LogP contribution >= 0.6 is 11.6 Å². The normalized spacial score (nSPS) is 11.2. The Morgan fingerprint density at radius 3 is 2.39 bits per heavy atom. The Hall–Kier alpha value is -2.21. The number of halogens is 4. The average molecular weight is 343 g/mol. The molecule has 0 fully saturated rings. The summed E-state index contributed by atoms with van der Waals surface area (Å²) in [6.45, 7) is 1.62. The SMILES string of the molecule is Cc1ccc(NC(=O)CNc2ccc(Cl)cc2C(F)(F)F)cc1. The highest BCUT2D eigenvalue weighted by Crippen LogP contribution is 2.36. The molecule has 23 heavy (non-hydrogen) atoms. The van der Waals surface area contributed by atoms with Gasteiger partial charge >= 0.3 is 6.18 Å². The van der Waals surface area contributed by atoms with Gasteiger partial charge in [-0.1, -0.05) is 29.3 Å². The minimum absolute atomic E-state index is 0.0213. The second-order valence-electron chi connectivity index (χ2n) is 4.96. The number of amides is 1. The van der Waals surface area contributed by atoms with Gasteiger partial charge in [-0.3, -0.25) is 4.79 Å². The number of hydrogen-bond acceptors (Lipinski definition) is 2. The van der Waals surface area contributed by atoms with Crippen molar-refractivity contribution in [1.29, 1.82) is 0 Å². The van der Waals surface area contributed by atoms with Crippen molar-refractivity contribution in [3.63, 3.8) is 0 Å². The molecule has 2 aromatic carbocycles. The van der Waals surface area contributed by atoms with Crippen LogP contribution < -0.4 is 10.6 Å². The number of anilines is 2. The third-order valence-corrected chi connectivity index (χ3v) is 3.30. The lowest BCUT2D eigenvalue weighted by Gasteiger charge is -2.15. The average Bonchev–Trinajstić information content (AvgIpc) is 2.47. The smallest absolute Gasteiger partial charge is 0.376 e. The Balaban J connectivity index is 2.03. The maximum absolute atomic E-state index is 12.9. The van der Waals surface area contributed by atoms with Gasteiger partial charge in [0.1, 0.15) is 0 Å². The number of nitrogens with one attached hydrogen (secondary N) is 2. The second-order valence-corrected chi connectivity index (χ2v) is 5.39. The van der Waals surface area contributed by atoms with Crippen molar-refractivity contribution in [2.24, 2.45) is 0 Å². The van der Waals surface area contributed by atoms with E-state index in [1.54, 1.807) is 12.1 Å². The van der Waals surface area contributed by atoms with E-state index in [1.165, 1.54) is 12.1 Å². The van der Waals surface area contributed by atoms with Crippen LogP contribution in [0.1, 0.15) is 11.1 Å². The van der Waals surface area contributed by atoms with E-state index in [0.29, 0.717) is 5.69 Å². The summed E-state index contributed by atoms with van der Waals surface area (Å²) < 4.78 is 38.8. The summed E-state index contributed by atoms with van der Waals surface area (Å²) in [5.41, 5.74) is 0.515. The summed E-state index contributed by atoms with van der Waals surface area (Å²) in [5, 5.41) is 5.07. The molecule has 7 heteroatoms. The fraction of sp³-hybridized carbons (Fsp3) is 0.188. The topological polar surface area (TPSA) is 41.1 Å². The van der Waals surface area contributed by atoms with Gasteiger partial charge in [-0.25, -0.2) is 0 Å². The summed E-state index contributed by atoms with van der Waals surface area (Å²) in [5.74, 6) is -0.447. The zero-order valence-electron chi connectivity index (χ0n) is 12.2. The quantitative estimate of drug-likeness (QED) is 0.844. The summed E-state index contributed by atoms with van der Waals surface area (Å²) >= 11 is 5.60. The third-order valence-electron chi connectivity index (χ3n) is 3.06. The maximum Gasteiger partial charge on any atom is 0.418 e. The predicted molar refractivity (Wildman–Crippen MR) is 84.8 cm³/mol. The summed E-state index contributed by atoms with van der Waals surface area (Å²) in [7, 11) is 0. The van der Waals surface area contributed by atoms with Crippen molar-refractivity contribution in [2.75, 3.05) is 17.2 Å². The molecule has 0 aliphatic rings. The van der Waals surface area contributed by atoms with Gasteiger partial charge in [0.25, 0.3) is 0 Å². The fourth-order valence-corrected chi connectivity index (χ4v) is 2.09. The van der Waals surface area contributed by atoms with Crippen LogP contribution in [0.3, 0.4) is 0 Å². The van der Waals surface area contributed by atoms with E-state index in [-0.39, 0.29) is 17.3 Å². The van der Waals surface area contributed by atoms with Gasteiger partial charge in [-0.2, -0.15) is 13.2 Å². The second kappa shape index (κ2) is 6.91. The number of rotatable bonds is 4. The third kappa shape index (κ3) is 4.89. The van der Waals surface area contributed by atoms with Crippen molar-refractivity contribution in [3.8, 4) is 0 Å². The van der Waals surface area contributed by atoms with Gasteiger partial charge in [0, 0.05) is 16.4 Å². The number of benzene rings is 2. The first-order valence-corrected chi connectivity index (χ1v) is 7.10. The molecular weight excluding hydrogens is 329 g/mol. The Morgan fingerprint density at radius 1 is 1.13 bits per heavy atom. The first-order valence-electron chi connectivity index (χ1n) is 6.73. The summed E-state index contributed by atoms with van der Waals surface area (Å²) in [6, 6.07) is 10.4. The molecule has 0 unspecified atom stereocenters. The Kier molecular flexibility index (Phi) is 5.15. The van der Waals surface area contributed by atoms with Crippen LogP contribution in [0.15, 0.2) is 42.5 Å². The number of aryl methyl sites for hydroxylation is 1. The van der Waals surface area contributed by atoms with Gasteiger partial charge < -0.3 is 10.6 Å². The van der Waals surface area contributed by atoms with Crippen LogP contribution in [0, 0.1) is 6.92 Å². The fourth-order valence-electron chi connectivity index (χ4n) is 1.92. The number of alkyl halides is 3. The monoisotopic (exact) mass is 342 g/mol. The Labute approximate surface area is 136 Å². The van der Waals surface area contributed by atoms with Crippen LogP contribution in [0.2, 0.25) is 5.02 Å². The lowest BCUT2D eigenvalue weighted by molar-refractivity contribution is -0.137. The number of carbonyl (C=O) groups is 1. The van der Waals surface area contributed by atoms with E-state index >= 15 is 0 Å². The van der Waals surface area contributed by atoms with Crippen molar-refractivity contribution in [3.05, 3.63) is 58.6 Å². The van der Waals surface area contributed by atoms with Crippen LogP contribution in [0.25, 0.3) is 0 Å². The molecule has 2 aromatic rings. The van der Waals surface area contributed by atoms with E-state index < -0.39 is 17.6 Å². The molecule has 2 N–H and O–H groups in total. The highest BCUT2D eigenvalue weighted by atomic mass is 35.5. The maximum atomic E-state index is 12.9. The van der Waals surface area contributed by atoms with Crippen molar-refractivity contribution >= 4 is 28.9 Å². The zero-order valence-corrected chi connectivity index (χ0v) is 12.9. The summed E-state index contributed by atoms with van der Waals surface area (Å²) in [4.78, 5) is 11.8. The molecule has 0 aliphatic heterocycles. The first kappa shape index (κ1) is 17.1. The van der Waals surface area contributed by atoms with Crippen LogP contribution in [0.4, 0.5) is 24.5 Å². The molecule has 0 aliphatic carbocycles. The van der Waals surface area contributed by atoms with Crippen LogP contribution in [-0.2, 0) is 11.0 Å². The predicted octanol–water partition coefficient (Wildman–Crippen LogP) is 4.72. The minimum atomic E-state index is -4.55. The van der Waals surface area contributed by atoms with E-state index in [1.807, 2.05) is 19.1 Å². The van der Waals surface area contributed by atoms with Crippen LogP contribution in [-0.4, -0.2) is 12.5 Å². The van der Waals surface area contributed by atoms with Gasteiger partial charge in [0.2, 0.25) is 5.91 Å². The lowest BCUT2D eigenvalue weighted by atomic mass is 10.1. The molecule has 0 saturated heterocycles. The van der Waals surface area contributed by atoms with E-state index in [0.717, 1.165) is 11.6 Å². The first-order chi connectivity index (χ1) is 10.8. The van der Waals surface area contributed by atoms with Gasteiger partial charge in [0.05, 0.1) is 12.1 Å². The molecule has 0 saturated carbocycles. The van der Waals surface area contributed by atoms with Gasteiger partial charge in [0.15, 0.2) is 0 Å². The van der Waals surface area contributed by atoms with E-state index in [9.17, 15) is 18.0 Å². The van der Waals surface area contributed by atoms with Crippen molar-refractivity contribution < 1.29 is 18.0 Å². The Bertz CT molecular complexity index is 699.